The summed E-state index contributed by atoms with van der Waals surface area (Å²) in [6.07, 6.45) is 1.18. The van der Waals surface area contributed by atoms with Crippen LogP contribution in [0.2, 0.25) is 0 Å². The Hall–Kier alpha value is -2.15. The molecule has 2 amide bonds. The normalized spacial score (nSPS) is 9.94. The summed E-state index contributed by atoms with van der Waals surface area (Å²) in [5.41, 5.74) is 0.119. The molecule has 17 heavy (non-hydrogen) atoms. The third-order valence-electron chi connectivity index (χ3n) is 1.93. The van der Waals surface area contributed by atoms with E-state index < -0.39 is 0 Å². The van der Waals surface area contributed by atoms with Crippen LogP contribution in [0.1, 0.15) is 20.2 Å². The van der Waals surface area contributed by atoms with Crippen LogP contribution in [0, 0.1) is 0 Å². The van der Waals surface area contributed by atoms with E-state index in [0.717, 1.165) is 0 Å². The van der Waals surface area contributed by atoms with E-state index in [2.05, 4.69) is 15.6 Å². The van der Waals surface area contributed by atoms with Gasteiger partial charge in [0.25, 0.3) is 11.8 Å². The summed E-state index contributed by atoms with van der Waals surface area (Å²) in [7, 11) is 1.49. The number of nitrogens with one attached hydrogen (secondary N) is 2. The maximum Gasteiger partial charge on any atom is 0.302 e. The van der Waals surface area contributed by atoms with E-state index in [1.165, 1.54) is 24.6 Å². The molecule has 0 saturated heterocycles. The highest BCUT2D eigenvalue weighted by Gasteiger charge is 2.13. The van der Waals surface area contributed by atoms with Crippen LogP contribution in [0.15, 0.2) is 28.2 Å². The van der Waals surface area contributed by atoms with Gasteiger partial charge in [0.15, 0.2) is 5.69 Å². The molecule has 2 rings (SSSR count). The average Bonchev–Trinajstić information content (AvgIpc) is 2.98. The van der Waals surface area contributed by atoms with Crippen molar-refractivity contribution in [3.63, 3.8) is 0 Å². The number of nitrogens with zero attached hydrogens (tertiary/aromatic N) is 1. The number of aromatic nitrogens is 1. The second-order valence-corrected chi connectivity index (χ2v) is 4.00. The number of thiophene rings is 1. The minimum atomic E-state index is -0.370. The summed E-state index contributed by atoms with van der Waals surface area (Å²) in [5.74, 6) is -0.685. The Balaban J connectivity index is 2.07. The predicted octanol–water partition coefficient (Wildman–Crippen LogP) is 1.35. The maximum absolute atomic E-state index is 11.6. The molecule has 6 nitrogen and oxygen atoms in total. The summed E-state index contributed by atoms with van der Waals surface area (Å²) in [6, 6.07) is 3.45. The summed E-state index contributed by atoms with van der Waals surface area (Å²) >= 11 is 1.31. The molecule has 2 heterocycles. The monoisotopic (exact) mass is 251 g/mol. The molecular weight excluding hydrogens is 242 g/mol. The van der Waals surface area contributed by atoms with Gasteiger partial charge >= 0.3 is 6.01 Å². The topological polar surface area (TPSA) is 84.2 Å². The van der Waals surface area contributed by atoms with E-state index in [-0.39, 0.29) is 23.5 Å². The number of hydrogen-bond donors (Lipinski definition) is 2. The SMILES string of the molecule is CNC(=O)c1coc(NC(=O)c2cccs2)n1. The third-order valence-corrected chi connectivity index (χ3v) is 2.80. The number of rotatable bonds is 3. The highest BCUT2D eigenvalue weighted by molar-refractivity contribution is 7.12. The van der Waals surface area contributed by atoms with Crippen molar-refractivity contribution in [3.8, 4) is 0 Å². The Morgan fingerprint density at radius 1 is 1.41 bits per heavy atom. The summed E-state index contributed by atoms with van der Waals surface area (Å²) in [5, 5.41) is 6.65. The van der Waals surface area contributed by atoms with Gasteiger partial charge in [0.2, 0.25) is 0 Å². The van der Waals surface area contributed by atoms with Crippen molar-refractivity contribution in [2.75, 3.05) is 12.4 Å². The fourth-order valence-electron chi connectivity index (χ4n) is 1.13. The number of anilines is 1. The molecule has 0 fully saturated rings. The van der Waals surface area contributed by atoms with Crippen molar-refractivity contribution >= 4 is 29.2 Å². The third kappa shape index (κ3) is 2.51. The number of oxazole rings is 1. The fraction of sp³-hybridized carbons (Fsp3) is 0.100. The van der Waals surface area contributed by atoms with Crippen LogP contribution < -0.4 is 10.6 Å². The Kier molecular flexibility index (Phi) is 3.20. The van der Waals surface area contributed by atoms with Gasteiger partial charge in [-0.2, -0.15) is 4.98 Å². The van der Waals surface area contributed by atoms with Gasteiger partial charge in [-0.25, -0.2) is 0 Å². The maximum atomic E-state index is 11.6. The van der Waals surface area contributed by atoms with Crippen molar-refractivity contribution in [2.24, 2.45) is 0 Å². The molecule has 0 aliphatic heterocycles. The van der Waals surface area contributed by atoms with E-state index in [4.69, 9.17) is 4.42 Å². The molecule has 0 saturated carbocycles. The second-order valence-electron chi connectivity index (χ2n) is 3.05. The highest BCUT2D eigenvalue weighted by Crippen LogP contribution is 2.13. The molecular formula is C10H9N3O3S. The minimum Gasteiger partial charge on any atom is -0.431 e. The molecule has 2 aromatic rings. The molecule has 0 unspecified atom stereocenters. The van der Waals surface area contributed by atoms with E-state index in [1.807, 2.05) is 0 Å². The van der Waals surface area contributed by atoms with Crippen molar-refractivity contribution < 1.29 is 14.0 Å². The van der Waals surface area contributed by atoms with Gasteiger partial charge in [-0.1, -0.05) is 6.07 Å². The first-order chi connectivity index (χ1) is 8.20. The molecule has 0 spiro atoms. The first-order valence-electron chi connectivity index (χ1n) is 4.73. The van der Waals surface area contributed by atoms with Gasteiger partial charge in [0.05, 0.1) is 4.88 Å². The molecule has 2 aromatic heterocycles. The number of carbonyl (C=O) groups is 2. The Morgan fingerprint density at radius 2 is 2.24 bits per heavy atom. The average molecular weight is 251 g/mol. The van der Waals surface area contributed by atoms with Crippen LogP contribution in [0.3, 0.4) is 0 Å². The zero-order chi connectivity index (χ0) is 12.3. The minimum absolute atomic E-state index is 0.00185. The van der Waals surface area contributed by atoms with Gasteiger partial charge in [-0.15, -0.1) is 11.3 Å². The quantitative estimate of drug-likeness (QED) is 0.862. The Morgan fingerprint density at radius 3 is 2.88 bits per heavy atom. The van der Waals surface area contributed by atoms with Crippen molar-refractivity contribution in [1.82, 2.24) is 10.3 Å². The standard InChI is InChI=1S/C10H9N3O3S/c1-11-8(14)6-5-16-10(12-6)13-9(15)7-3-2-4-17-7/h2-5H,1H3,(H,11,14)(H,12,13,15). The second kappa shape index (κ2) is 4.79. The van der Waals surface area contributed by atoms with E-state index in [0.29, 0.717) is 4.88 Å². The van der Waals surface area contributed by atoms with Gasteiger partial charge in [-0.05, 0) is 11.4 Å². The van der Waals surface area contributed by atoms with Crippen molar-refractivity contribution in [2.45, 2.75) is 0 Å². The van der Waals surface area contributed by atoms with E-state index in [1.54, 1.807) is 17.5 Å². The molecule has 7 heteroatoms. The molecule has 88 valence electrons. The molecule has 0 aliphatic rings. The van der Waals surface area contributed by atoms with Crippen molar-refractivity contribution in [3.05, 3.63) is 34.3 Å². The molecule has 0 aromatic carbocycles. The number of carbonyl (C=O) groups excluding carboxylic acids is 2. The number of hydrogen-bond acceptors (Lipinski definition) is 5. The molecule has 0 atom stereocenters. The van der Waals surface area contributed by atoms with Crippen LogP contribution in [0.25, 0.3) is 0 Å². The van der Waals surface area contributed by atoms with Gasteiger partial charge in [-0.3, -0.25) is 14.9 Å². The fourth-order valence-corrected chi connectivity index (χ4v) is 1.75. The lowest BCUT2D eigenvalue weighted by atomic mass is 10.4. The Bertz CT molecular complexity index is 533. The smallest absolute Gasteiger partial charge is 0.302 e. The highest BCUT2D eigenvalue weighted by atomic mass is 32.1. The largest absolute Gasteiger partial charge is 0.431 e. The lowest BCUT2D eigenvalue weighted by Gasteiger charge is -1.96. The lowest BCUT2D eigenvalue weighted by molar-refractivity contribution is 0.0957. The molecule has 0 aliphatic carbocycles. The summed E-state index contributed by atoms with van der Waals surface area (Å²) in [6.45, 7) is 0. The van der Waals surface area contributed by atoms with Crippen LogP contribution in [0.5, 0.6) is 0 Å². The van der Waals surface area contributed by atoms with Gasteiger partial charge in [0, 0.05) is 7.05 Å². The number of amides is 2. The summed E-state index contributed by atoms with van der Waals surface area (Å²) < 4.78 is 4.96. The van der Waals surface area contributed by atoms with Crippen LogP contribution in [-0.2, 0) is 0 Å². The lowest BCUT2D eigenvalue weighted by Crippen LogP contribution is -2.18. The molecule has 0 radical (unpaired) electrons. The van der Waals surface area contributed by atoms with Crippen molar-refractivity contribution in [1.29, 1.82) is 0 Å². The van der Waals surface area contributed by atoms with Crippen LogP contribution in [-0.4, -0.2) is 23.8 Å². The molecule has 2 N–H and O–H groups in total. The first kappa shape index (κ1) is 11.3. The van der Waals surface area contributed by atoms with E-state index >= 15 is 0 Å². The summed E-state index contributed by atoms with van der Waals surface area (Å²) in [4.78, 5) is 27.2. The zero-order valence-electron chi connectivity index (χ0n) is 8.89. The van der Waals surface area contributed by atoms with Gasteiger partial charge in [0.1, 0.15) is 6.26 Å². The Labute approximate surface area is 101 Å². The van der Waals surface area contributed by atoms with E-state index in [9.17, 15) is 9.59 Å². The van der Waals surface area contributed by atoms with Crippen LogP contribution >= 0.6 is 11.3 Å². The molecule has 0 bridgehead atoms. The predicted molar refractivity (Wildman–Crippen MR) is 62.2 cm³/mol. The zero-order valence-corrected chi connectivity index (χ0v) is 9.71. The van der Waals surface area contributed by atoms with Crippen LogP contribution in [0.4, 0.5) is 6.01 Å². The van der Waals surface area contributed by atoms with Gasteiger partial charge < -0.3 is 9.73 Å². The first-order valence-corrected chi connectivity index (χ1v) is 5.61.